The summed E-state index contributed by atoms with van der Waals surface area (Å²) < 4.78 is 9.07. The van der Waals surface area contributed by atoms with Crippen molar-refractivity contribution in [1.82, 2.24) is 14.5 Å². The molecule has 1 saturated carbocycles. The van der Waals surface area contributed by atoms with E-state index in [2.05, 4.69) is 5.32 Å². The summed E-state index contributed by atoms with van der Waals surface area (Å²) in [5, 5.41) is 3.99. The molecule has 1 aliphatic heterocycles. The van der Waals surface area contributed by atoms with E-state index in [0.29, 0.717) is 25.0 Å². The lowest BCUT2D eigenvalue weighted by atomic mass is 10.2. The predicted molar refractivity (Wildman–Crippen MR) is 108 cm³/mol. The van der Waals surface area contributed by atoms with Crippen LogP contribution in [0.5, 0.6) is 0 Å². The average molecular weight is 393 g/mol. The van der Waals surface area contributed by atoms with Gasteiger partial charge in [-0.2, -0.15) is 0 Å². The first-order valence-corrected chi connectivity index (χ1v) is 10.6. The molecule has 3 N–H and O–H groups in total. The number of hydrogen-bond donors (Lipinski definition) is 2. The second-order valence-electron chi connectivity index (χ2n) is 7.96. The van der Waals surface area contributed by atoms with Gasteiger partial charge in [0.05, 0.1) is 23.6 Å². The van der Waals surface area contributed by atoms with E-state index in [-0.39, 0.29) is 22.9 Å². The number of ether oxygens (including phenoxy) is 1. The summed E-state index contributed by atoms with van der Waals surface area (Å²) in [7, 11) is 0. The van der Waals surface area contributed by atoms with Crippen LogP contribution in [0, 0.1) is 6.92 Å². The third kappa shape index (κ3) is 3.29. The molecule has 4 rings (SSSR count). The number of nitrogens with two attached hydrogens (primary N) is 1. The fraction of sp³-hybridized carbons (Fsp3) is 0.684. The molecule has 2 aromatic rings. The molecule has 1 atom stereocenters. The van der Waals surface area contributed by atoms with Crippen LogP contribution in [0.15, 0.2) is 9.59 Å². The van der Waals surface area contributed by atoms with Crippen molar-refractivity contribution < 1.29 is 4.74 Å². The van der Waals surface area contributed by atoms with E-state index >= 15 is 0 Å². The standard InChI is InChI=1S/C19H28N4O3S/c1-12-14(10-21-8-7-20)27-17-15(12)16(24)23(19(2)5-6-19)18(25)22(17)11-13-4-3-9-26-13/h13,21H,3-11,20H2,1-2H3/t13-/m1/s1. The first-order chi connectivity index (χ1) is 13.0. The van der Waals surface area contributed by atoms with Gasteiger partial charge in [-0.1, -0.05) is 0 Å². The summed E-state index contributed by atoms with van der Waals surface area (Å²) in [5.41, 5.74) is 5.87. The summed E-state index contributed by atoms with van der Waals surface area (Å²) >= 11 is 1.54. The van der Waals surface area contributed by atoms with Gasteiger partial charge in [0.2, 0.25) is 0 Å². The van der Waals surface area contributed by atoms with Crippen LogP contribution in [0.3, 0.4) is 0 Å². The third-order valence-electron chi connectivity index (χ3n) is 5.84. The Morgan fingerprint density at radius 1 is 1.37 bits per heavy atom. The van der Waals surface area contributed by atoms with Crippen molar-refractivity contribution in [2.75, 3.05) is 19.7 Å². The van der Waals surface area contributed by atoms with Gasteiger partial charge < -0.3 is 15.8 Å². The van der Waals surface area contributed by atoms with Crippen molar-refractivity contribution in [3.05, 3.63) is 31.3 Å². The molecule has 2 aromatic heterocycles. The smallest absolute Gasteiger partial charge is 0.332 e. The Morgan fingerprint density at radius 2 is 2.15 bits per heavy atom. The van der Waals surface area contributed by atoms with Crippen LogP contribution in [0.4, 0.5) is 0 Å². The fourth-order valence-corrected chi connectivity index (χ4v) is 5.17. The minimum absolute atomic E-state index is 0.0464. The molecule has 1 saturated heterocycles. The van der Waals surface area contributed by atoms with Gasteiger partial charge in [0.1, 0.15) is 4.83 Å². The first kappa shape index (κ1) is 18.9. The van der Waals surface area contributed by atoms with Crippen LogP contribution in [0.1, 0.15) is 43.0 Å². The van der Waals surface area contributed by atoms with Gasteiger partial charge in [-0.25, -0.2) is 4.79 Å². The average Bonchev–Trinajstić information content (AvgIpc) is 3.05. The molecular formula is C19H28N4O3S. The van der Waals surface area contributed by atoms with Gasteiger partial charge in [-0.05, 0) is 45.1 Å². The Balaban J connectivity index is 1.88. The van der Waals surface area contributed by atoms with E-state index in [9.17, 15) is 9.59 Å². The molecule has 0 radical (unpaired) electrons. The lowest BCUT2D eigenvalue weighted by molar-refractivity contribution is 0.0964. The van der Waals surface area contributed by atoms with Crippen LogP contribution >= 0.6 is 11.3 Å². The van der Waals surface area contributed by atoms with Crippen LogP contribution in [0.2, 0.25) is 0 Å². The van der Waals surface area contributed by atoms with Crippen molar-refractivity contribution in [3.8, 4) is 0 Å². The second kappa shape index (κ2) is 7.16. The van der Waals surface area contributed by atoms with Crippen molar-refractivity contribution in [1.29, 1.82) is 0 Å². The van der Waals surface area contributed by atoms with E-state index in [1.54, 1.807) is 15.9 Å². The van der Waals surface area contributed by atoms with Gasteiger partial charge in [-0.3, -0.25) is 13.9 Å². The normalized spacial score (nSPS) is 21.2. The minimum Gasteiger partial charge on any atom is -0.376 e. The highest BCUT2D eigenvalue weighted by molar-refractivity contribution is 7.18. The van der Waals surface area contributed by atoms with Gasteiger partial charge in [0.25, 0.3) is 5.56 Å². The molecule has 2 aliphatic rings. The summed E-state index contributed by atoms with van der Waals surface area (Å²) in [6.07, 6.45) is 3.78. The van der Waals surface area contributed by atoms with Gasteiger partial charge in [0.15, 0.2) is 0 Å². The Hall–Kier alpha value is -1.48. The maximum Gasteiger partial charge on any atom is 0.332 e. The van der Waals surface area contributed by atoms with Crippen molar-refractivity contribution in [3.63, 3.8) is 0 Å². The summed E-state index contributed by atoms with van der Waals surface area (Å²) in [5.74, 6) is 0. The summed E-state index contributed by atoms with van der Waals surface area (Å²) in [6.45, 7) is 7.20. The minimum atomic E-state index is -0.340. The van der Waals surface area contributed by atoms with E-state index in [1.165, 1.54) is 4.57 Å². The van der Waals surface area contributed by atoms with E-state index in [0.717, 1.165) is 54.1 Å². The molecule has 7 nitrogen and oxygen atoms in total. The number of nitrogens with one attached hydrogen (secondary N) is 1. The Bertz CT molecular complexity index is 964. The topological polar surface area (TPSA) is 91.3 Å². The van der Waals surface area contributed by atoms with E-state index in [4.69, 9.17) is 10.5 Å². The van der Waals surface area contributed by atoms with Gasteiger partial charge in [-0.15, -0.1) is 11.3 Å². The molecular weight excluding hydrogens is 364 g/mol. The zero-order chi connectivity index (χ0) is 19.2. The molecule has 148 valence electrons. The van der Waals surface area contributed by atoms with E-state index in [1.807, 2.05) is 13.8 Å². The molecule has 2 fully saturated rings. The third-order valence-corrected chi connectivity index (χ3v) is 7.16. The quantitative estimate of drug-likeness (QED) is 0.693. The Labute approximate surface area is 162 Å². The summed E-state index contributed by atoms with van der Waals surface area (Å²) in [4.78, 5) is 28.5. The lowest BCUT2D eigenvalue weighted by Gasteiger charge is -2.18. The number of rotatable bonds is 7. The van der Waals surface area contributed by atoms with Crippen molar-refractivity contribution in [2.24, 2.45) is 5.73 Å². The largest absolute Gasteiger partial charge is 0.376 e. The Kier molecular flexibility index (Phi) is 5.00. The highest BCUT2D eigenvalue weighted by Gasteiger charge is 2.43. The predicted octanol–water partition coefficient (Wildman–Crippen LogP) is 1.27. The summed E-state index contributed by atoms with van der Waals surface area (Å²) in [6, 6.07) is 0. The number of aryl methyl sites for hydroxylation is 1. The molecule has 0 spiro atoms. The molecule has 0 amide bonds. The first-order valence-electron chi connectivity index (χ1n) is 9.77. The number of nitrogens with zero attached hydrogens (tertiary/aromatic N) is 2. The fourth-order valence-electron chi connectivity index (χ4n) is 3.90. The highest BCUT2D eigenvalue weighted by atomic mass is 32.1. The SMILES string of the molecule is Cc1c(CNCCN)sc2c1c(=O)n(C1(C)CC1)c(=O)n2C[C@H]1CCCO1. The zero-order valence-corrected chi connectivity index (χ0v) is 16.9. The molecule has 1 aliphatic carbocycles. The van der Waals surface area contributed by atoms with Gasteiger partial charge >= 0.3 is 5.69 Å². The maximum absolute atomic E-state index is 13.3. The molecule has 3 heterocycles. The molecule has 0 unspecified atom stereocenters. The molecule has 8 heteroatoms. The maximum atomic E-state index is 13.3. The molecule has 0 bridgehead atoms. The van der Waals surface area contributed by atoms with Crippen LogP contribution in [0.25, 0.3) is 10.2 Å². The van der Waals surface area contributed by atoms with Crippen molar-refractivity contribution >= 4 is 21.6 Å². The molecule has 27 heavy (non-hydrogen) atoms. The van der Waals surface area contributed by atoms with Gasteiger partial charge in [0, 0.05) is 31.1 Å². The number of fused-ring (bicyclic) bond motifs is 1. The highest BCUT2D eigenvalue weighted by Crippen LogP contribution is 2.41. The van der Waals surface area contributed by atoms with Crippen molar-refractivity contribution in [2.45, 2.75) is 64.3 Å². The second-order valence-corrected chi connectivity index (χ2v) is 9.05. The number of hydrogen-bond acceptors (Lipinski definition) is 6. The number of aromatic nitrogens is 2. The zero-order valence-electron chi connectivity index (χ0n) is 16.0. The molecule has 0 aromatic carbocycles. The van der Waals surface area contributed by atoms with Crippen LogP contribution in [-0.2, 0) is 23.4 Å². The van der Waals surface area contributed by atoms with Crippen LogP contribution < -0.4 is 22.3 Å². The lowest BCUT2D eigenvalue weighted by Crippen LogP contribution is -2.45. The van der Waals surface area contributed by atoms with E-state index < -0.39 is 0 Å². The monoisotopic (exact) mass is 392 g/mol. The van der Waals surface area contributed by atoms with Crippen LogP contribution in [-0.4, -0.2) is 34.9 Å². The Morgan fingerprint density at radius 3 is 2.78 bits per heavy atom. The number of thiophene rings is 1.